The van der Waals surface area contributed by atoms with E-state index in [1.54, 1.807) is 12.1 Å². The molecule has 0 unspecified atom stereocenters. The molecule has 0 aromatic heterocycles. The van der Waals surface area contributed by atoms with Crippen molar-refractivity contribution < 1.29 is 13.2 Å². The predicted octanol–water partition coefficient (Wildman–Crippen LogP) is 1.60. The number of hydrogen-bond donors (Lipinski definition) is 2. The van der Waals surface area contributed by atoms with Gasteiger partial charge in [-0.2, -0.15) is 0 Å². The first-order valence-corrected chi connectivity index (χ1v) is 7.07. The fraction of sp³-hybridized carbons (Fsp3) is 0.500. The van der Waals surface area contributed by atoms with Gasteiger partial charge < -0.3 is 10.5 Å². The van der Waals surface area contributed by atoms with Gasteiger partial charge in [-0.15, -0.1) is 0 Å². The first kappa shape index (κ1) is 14.8. The minimum absolute atomic E-state index is 0.0641. The number of nitrogens with two attached hydrogens (primary N) is 1. The lowest BCUT2D eigenvalue weighted by molar-refractivity contribution is 0.396. The van der Waals surface area contributed by atoms with Crippen molar-refractivity contribution in [3.05, 3.63) is 18.2 Å². The second-order valence-electron chi connectivity index (χ2n) is 5.30. The molecule has 5 nitrogen and oxygen atoms in total. The minimum Gasteiger partial charge on any atom is -0.495 e. The fourth-order valence-electron chi connectivity index (χ4n) is 1.29. The lowest BCUT2D eigenvalue weighted by Crippen LogP contribution is -2.32. The average Bonchev–Trinajstić information content (AvgIpc) is 2.26. The molecule has 0 saturated carbocycles. The molecule has 1 aromatic carbocycles. The Morgan fingerprint density at radius 1 is 1.33 bits per heavy atom. The zero-order chi connectivity index (χ0) is 14.0. The molecule has 0 aliphatic rings. The summed E-state index contributed by atoms with van der Waals surface area (Å²) >= 11 is 0. The van der Waals surface area contributed by atoms with Gasteiger partial charge in [0.15, 0.2) is 0 Å². The standard InChI is InChI=1S/C12H20N2O3S/c1-12(2,3)8-14-18(15,16)11-7-9(13)5-6-10(11)17-4/h5-7,14H,8,13H2,1-4H3. The van der Waals surface area contributed by atoms with E-state index in [-0.39, 0.29) is 16.1 Å². The van der Waals surface area contributed by atoms with Gasteiger partial charge in [0.25, 0.3) is 0 Å². The van der Waals surface area contributed by atoms with Crippen LogP contribution >= 0.6 is 0 Å². The van der Waals surface area contributed by atoms with Gasteiger partial charge >= 0.3 is 0 Å². The SMILES string of the molecule is COc1ccc(N)cc1S(=O)(=O)NCC(C)(C)C. The first-order chi connectivity index (χ1) is 8.15. The van der Waals surface area contributed by atoms with E-state index in [4.69, 9.17) is 10.5 Å². The van der Waals surface area contributed by atoms with Gasteiger partial charge in [-0.05, 0) is 23.6 Å². The lowest BCUT2D eigenvalue weighted by Gasteiger charge is -2.19. The molecular weight excluding hydrogens is 252 g/mol. The molecule has 0 atom stereocenters. The van der Waals surface area contributed by atoms with Crippen molar-refractivity contribution in [2.75, 3.05) is 19.4 Å². The fourth-order valence-corrected chi connectivity index (χ4v) is 2.78. The van der Waals surface area contributed by atoms with Crippen molar-refractivity contribution in [2.45, 2.75) is 25.7 Å². The van der Waals surface area contributed by atoms with Gasteiger partial charge in [-0.3, -0.25) is 0 Å². The molecule has 6 heteroatoms. The maximum absolute atomic E-state index is 12.2. The maximum atomic E-state index is 12.2. The van der Waals surface area contributed by atoms with Crippen LogP contribution < -0.4 is 15.2 Å². The van der Waals surface area contributed by atoms with Crippen LogP contribution in [-0.2, 0) is 10.0 Å². The summed E-state index contributed by atoms with van der Waals surface area (Å²) in [6.45, 7) is 6.19. The zero-order valence-corrected chi connectivity index (χ0v) is 12.0. The summed E-state index contributed by atoms with van der Waals surface area (Å²) in [5.41, 5.74) is 5.86. The predicted molar refractivity (Wildman–Crippen MR) is 72.0 cm³/mol. The Hall–Kier alpha value is -1.27. The van der Waals surface area contributed by atoms with E-state index in [0.29, 0.717) is 12.2 Å². The number of rotatable bonds is 4. The first-order valence-electron chi connectivity index (χ1n) is 5.59. The molecule has 18 heavy (non-hydrogen) atoms. The summed E-state index contributed by atoms with van der Waals surface area (Å²) in [5, 5.41) is 0. The number of sulfonamides is 1. The number of nitrogens with one attached hydrogen (secondary N) is 1. The summed E-state index contributed by atoms with van der Waals surface area (Å²) in [4.78, 5) is 0.0641. The van der Waals surface area contributed by atoms with Crippen LogP contribution in [0.25, 0.3) is 0 Å². The van der Waals surface area contributed by atoms with Crippen LogP contribution in [0.4, 0.5) is 5.69 Å². The van der Waals surface area contributed by atoms with Gasteiger partial charge in [-0.25, -0.2) is 13.1 Å². The Balaban J connectivity index is 3.08. The third kappa shape index (κ3) is 3.89. The third-order valence-electron chi connectivity index (χ3n) is 2.27. The summed E-state index contributed by atoms with van der Waals surface area (Å²) in [5.74, 6) is 0.283. The molecule has 0 aliphatic heterocycles. The topological polar surface area (TPSA) is 81.4 Å². The smallest absolute Gasteiger partial charge is 0.244 e. The quantitative estimate of drug-likeness (QED) is 0.816. The van der Waals surface area contributed by atoms with Crippen molar-refractivity contribution in [3.63, 3.8) is 0 Å². The van der Waals surface area contributed by atoms with E-state index in [1.807, 2.05) is 20.8 Å². The monoisotopic (exact) mass is 272 g/mol. The highest BCUT2D eigenvalue weighted by Crippen LogP contribution is 2.26. The van der Waals surface area contributed by atoms with Gasteiger partial charge in [0.05, 0.1) is 7.11 Å². The highest BCUT2D eigenvalue weighted by molar-refractivity contribution is 7.89. The third-order valence-corrected chi connectivity index (χ3v) is 3.69. The molecule has 0 spiro atoms. The van der Waals surface area contributed by atoms with Crippen LogP contribution in [-0.4, -0.2) is 22.1 Å². The van der Waals surface area contributed by atoms with Crippen LogP contribution in [0.5, 0.6) is 5.75 Å². The number of hydrogen-bond acceptors (Lipinski definition) is 4. The van der Waals surface area contributed by atoms with Crippen molar-refractivity contribution in [1.29, 1.82) is 0 Å². The van der Waals surface area contributed by atoms with E-state index >= 15 is 0 Å². The van der Waals surface area contributed by atoms with Crippen LogP contribution in [0.3, 0.4) is 0 Å². The molecule has 0 saturated heterocycles. The number of ether oxygens (including phenoxy) is 1. The van der Waals surface area contributed by atoms with Crippen LogP contribution in [0.1, 0.15) is 20.8 Å². The summed E-state index contributed by atoms with van der Waals surface area (Å²) in [6.07, 6.45) is 0. The van der Waals surface area contributed by atoms with Crippen LogP contribution in [0.2, 0.25) is 0 Å². The second kappa shape index (κ2) is 5.16. The number of anilines is 1. The Kier molecular flexibility index (Phi) is 4.24. The van der Waals surface area contributed by atoms with Gasteiger partial charge in [0.2, 0.25) is 10.0 Å². The van der Waals surface area contributed by atoms with Crippen molar-refractivity contribution >= 4 is 15.7 Å². The van der Waals surface area contributed by atoms with Gasteiger partial charge in [0.1, 0.15) is 10.6 Å². The minimum atomic E-state index is -3.61. The van der Waals surface area contributed by atoms with Crippen molar-refractivity contribution in [1.82, 2.24) is 4.72 Å². The number of benzene rings is 1. The van der Waals surface area contributed by atoms with Gasteiger partial charge in [0, 0.05) is 12.2 Å². The van der Waals surface area contributed by atoms with Gasteiger partial charge in [-0.1, -0.05) is 20.8 Å². The highest BCUT2D eigenvalue weighted by Gasteiger charge is 2.22. The molecule has 0 aliphatic carbocycles. The normalized spacial score (nSPS) is 12.4. The van der Waals surface area contributed by atoms with Crippen LogP contribution in [0.15, 0.2) is 23.1 Å². The number of nitrogen functional groups attached to an aromatic ring is 1. The van der Waals surface area contributed by atoms with Crippen molar-refractivity contribution in [2.24, 2.45) is 5.41 Å². The highest BCUT2D eigenvalue weighted by atomic mass is 32.2. The van der Waals surface area contributed by atoms with E-state index in [9.17, 15) is 8.42 Å². The average molecular weight is 272 g/mol. The van der Waals surface area contributed by atoms with Crippen molar-refractivity contribution in [3.8, 4) is 5.75 Å². The summed E-state index contributed by atoms with van der Waals surface area (Å²) in [7, 11) is -2.19. The molecule has 1 rings (SSSR count). The lowest BCUT2D eigenvalue weighted by atomic mass is 9.98. The molecule has 0 amide bonds. The Labute approximate surface area is 108 Å². The maximum Gasteiger partial charge on any atom is 0.244 e. The van der Waals surface area contributed by atoms with E-state index < -0.39 is 10.0 Å². The molecular formula is C12H20N2O3S. The summed E-state index contributed by atoms with van der Waals surface area (Å²) in [6, 6.07) is 4.53. The molecule has 0 radical (unpaired) electrons. The molecule has 0 heterocycles. The number of methoxy groups -OCH3 is 1. The Morgan fingerprint density at radius 2 is 1.94 bits per heavy atom. The van der Waals surface area contributed by atoms with E-state index in [2.05, 4.69) is 4.72 Å². The summed E-state index contributed by atoms with van der Waals surface area (Å²) < 4.78 is 31.9. The second-order valence-corrected chi connectivity index (χ2v) is 7.03. The van der Waals surface area contributed by atoms with Crippen LogP contribution in [0, 0.1) is 5.41 Å². The van der Waals surface area contributed by atoms with E-state index in [1.165, 1.54) is 13.2 Å². The molecule has 1 aromatic rings. The van der Waals surface area contributed by atoms with E-state index in [0.717, 1.165) is 0 Å². The zero-order valence-electron chi connectivity index (χ0n) is 11.1. The Bertz CT molecular complexity index is 519. The molecule has 0 fully saturated rings. The Morgan fingerprint density at radius 3 is 2.44 bits per heavy atom. The molecule has 3 N–H and O–H groups in total. The molecule has 0 bridgehead atoms. The largest absolute Gasteiger partial charge is 0.495 e. The molecule has 102 valence electrons.